The van der Waals surface area contributed by atoms with Crippen molar-refractivity contribution < 1.29 is 18.7 Å². The van der Waals surface area contributed by atoms with Crippen LogP contribution in [-0.2, 0) is 4.79 Å². The van der Waals surface area contributed by atoms with Crippen molar-refractivity contribution in [1.29, 1.82) is 5.41 Å². The molecule has 0 amide bonds. The fourth-order valence-electron chi connectivity index (χ4n) is 5.00. The quantitative estimate of drug-likeness (QED) is 0.694. The van der Waals surface area contributed by atoms with Gasteiger partial charge in [0.25, 0.3) is 5.92 Å². The molecule has 0 spiro atoms. The van der Waals surface area contributed by atoms with Crippen molar-refractivity contribution >= 4 is 11.7 Å². The molecule has 0 radical (unpaired) electrons. The van der Waals surface area contributed by atoms with Crippen LogP contribution < -0.4 is 5.43 Å². The third kappa shape index (κ3) is 3.08. The molecule has 2 aliphatic carbocycles. The maximum Gasteiger partial charge on any atom is 0.303 e. The number of fused-ring (bicyclic) bond motifs is 2. The maximum absolute atomic E-state index is 13.9. The average molecular weight is 368 g/mol. The monoisotopic (exact) mass is 368 g/mol. The summed E-state index contributed by atoms with van der Waals surface area (Å²) in [7, 11) is 0. The van der Waals surface area contributed by atoms with E-state index < -0.39 is 17.6 Å². The van der Waals surface area contributed by atoms with E-state index in [1.165, 1.54) is 0 Å². The first-order valence-electron chi connectivity index (χ1n) is 9.54. The molecule has 2 saturated carbocycles. The number of carboxylic acid groups (broad SMARTS) is 1. The number of aliphatic carboxylic acids is 1. The first-order chi connectivity index (χ1) is 12.3. The van der Waals surface area contributed by atoms with Crippen LogP contribution in [0.4, 0.5) is 8.78 Å². The Morgan fingerprint density at radius 2 is 1.92 bits per heavy atom. The summed E-state index contributed by atoms with van der Waals surface area (Å²) >= 11 is 0. The zero-order chi connectivity index (χ0) is 18.5. The molecule has 0 unspecified atom stereocenters. The van der Waals surface area contributed by atoms with Crippen molar-refractivity contribution in [3.63, 3.8) is 0 Å². The lowest BCUT2D eigenvalue weighted by Crippen LogP contribution is -2.57. The second kappa shape index (κ2) is 6.48. The predicted octanol–water partition coefficient (Wildman–Crippen LogP) is 2.29. The molecular weight excluding hydrogens is 342 g/mol. The van der Waals surface area contributed by atoms with Gasteiger partial charge >= 0.3 is 5.97 Å². The smallest absolute Gasteiger partial charge is 0.303 e. The standard InChI is InChI=1S/C18H26F2N4O2/c19-18(20)4-3-13(16(18)21)17(22-24-5-1-2-6-24)23-9-11-7-12(10-23)14(11)8-15(25)26/h11-12,14,21-22H,1-10H2,(H,25,26)/b17-13+,21-16?/t11-,12+,14-. The Hall–Kier alpha value is -1.70. The van der Waals surface area contributed by atoms with Gasteiger partial charge in [-0.15, -0.1) is 0 Å². The number of carboxylic acids is 1. The van der Waals surface area contributed by atoms with Crippen molar-refractivity contribution in [3.05, 3.63) is 11.4 Å². The van der Waals surface area contributed by atoms with Gasteiger partial charge in [-0.3, -0.25) is 10.2 Å². The van der Waals surface area contributed by atoms with Crippen LogP contribution in [0.15, 0.2) is 11.4 Å². The van der Waals surface area contributed by atoms with E-state index in [2.05, 4.69) is 15.3 Å². The summed E-state index contributed by atoms with van der Waals surface area (Å²) in [5.41, 5.74) is 3.21. The number of nitrogens with zero attached hydrogens (tertiary/aromatic N) is 2. The first-order valence-corrected chi connectivity index (χ1v) is 9.54. The highest BCUT2D eigenvalue weighted by atomic mass is 19.3. The summed E-state index contributed by atoms with van der Waals surface area (Å²) in [5, 5.41) is 19.1. The Bertz CT molecular complexity index is 633. The second-order valence-electron chi connectivity index (χ2n) is 8.14. The molecule has 0 aromatic heterocycles. The van der Waals surface area contributed by atoms with E-state index in [0.29, 0.717) is 36.3 Å². The molecule has 3 saturated heterocycles. The SMILES string of the molecule is N=C1/C(=C(\NN2CCCC2)N2C[C@H]3C[C@@H](C2)[C@@H]3CC(=O)O)CCC1(F)F. The van der Waals surface area contributed by atoms with E-state index in [0.717, 1.165) is 32.4 Å². The van der Waals surface area contributed by atoms with Gasteiger partial charge in [0, 0.05) is 44.6 Å². The van der Waals surface area contributed by atoms with Gasteiger partial charge in [0.15, 0.2) is 0 Å². The number of nitrogens with one attached hydrogen (secondary N) is 2. The molecule has 6 nitrogen and oxygen atoms in total. The van der Waals surface area contributed by atoms with E-state index in [9.17, 15) is 13.6 Å². The van der Waals surface area contributed by atoms with E-state index >= 15 is 0 Å². The van der Waals surface area contributed by atoms with Crippen LogP contribution in [-0.4, -0.2) is 58.8 Å². The highest BCUT2D eigenvalue weighted by molar-refractivity contribution is 6.05. The van der Waals surface area contributed by atoms with Crippen molar-refractivity contribution in [1.82, 2.24) is 15.3 Å². The Balaban J connectivity index is 1.55. The van der Waals surface area contributed by atoms with Gasteiger partial charge in [0.2, 0.25) is 0 Å². The molecule has 8 heteroatoms. The first kappa shape index (κ1) is 17.7. The number of rotatable bonds is 5. The summed E-state index contributed by atoms with van der Waals surface area (Å²) in [5.74, 6) is -2.33. The molecule has 2 bridgehead atoms. The number of halogens is 2. The summed E-state index contributed by atoms with van der Waals surface area (Å²) < 4.78 is 27.9. The Morgan fingerprint density at radius 1 is 1.27 bits per heavy atom. The molecule has 5 rings (SSSR count). The fourth-order valence-corrected chi connectivity index (χ4v) is 5.00. The number of allylic oxidation sites excluding steroid dienone is 1. The Labute approximate surface area is 151 Å². The van der Waals surface area contributed by atoms with E-state index in [4.69, 9.17) is 10.5 Å². The van der Waals surface area contributed by atoms with Crippen molar-refractivity contribution in [2.45, 2.75) is 44.4 Å². The fraction of sp³-hybridized carbons (Fsp3) is 0.778. The third-order valence-electron chi connectivity index (χ3n) is 6.47. The Morgan fingerprint density at radius 3 is 2.46 bits per heavy atom. The number of carbonyl (C=O) groups is 1. The van der Waals surface area contributed by atoms with Gasteiger partial charge in [-0.1, -0.05) is 0 Å². The lowest BCUT2D eigenvalue weighted by molar-refractivity contribution is -0.143. The number of hydrogen-bond donors (Lipinski definition) is 3. The molecule has 0 aromatic rings. The van der Waals surface area contributed by atoms with Gasteiger partial charge in [-0.2, -0.15) is 8.78 Å². The van der Waals surface area contributed by atoms with Crippen LogP contribution in [0.3, 0.4) is 0 Å². The minimum atomic E-state index is -3.04. The minimum Gasteiger partial charge on any atom is -0.481 e. The lowest BCUT2D eigenvalue weighted by atomic mass is 9.60. The molecule has 3 aliphatic heterocycles. The average Bonchev–Trinajstić information content (AvgIpc) is 3.20. The molecule has 5 fully saturated rings. The van der Waals surface area contributed by atoms with Crippen LogP contribution >= 0.6 is 0 Å². The van der Waals surface area contributed by atoms with E-state index in [1.807, 2.05) is 0 Å². The van der Waals surface area contributed by atoms with Crippen LogP contribution in [0.5, 0.6) is 0 Å². The summed E-state index contributed by atoms with van der Waals surface area (Å²) in [6.07, 6.45) is 3.29. The summed E-state index contributed by atoms with van der Waals surface area (Å²) in [6.45, 7) is 3.13. The van der Waals surface area contributed by atoms with Crippen LogP contribution in [0.1, 0.15) is 38.5 Å². The van der Waals surface area contributed by atoms with E-state index in [1.54, 1.807) is 0 Å². The number of hydrazine groups is 1. The number of hydrogen-bond acceptors (Lipinski definition) is 5. The van der Waals surface area contributed by atoms with Crippen LogP contribution in [0, 0.1) is 23.2 Å². The van der Waals surface area contributed by atoms with Gasteiger partial charge in [-0.25, -0.2) is 5.01 Å². The highest BCUT2D eigenvalue weighted by Gasteiger charge is 2.50. The number of alkyl halides is 2. The summed E-state index contributed by atoms with van der Waals surface area (Å²) in [4.78, 5) is 13.1. The Kier molecular flexibility index (Phi) is 4.41. The van der Waals surface area contributed by atoms with Crippen LogP contribution in [0.2, 0.25) is 0 Å². The largest absolute Gasteiger partial charge is 0.481 e. The van der Waals surface area contributed by atoms with Gasteiger partial charge in [0.1, 0.15) is 11.5 Å². The van der Waals surface area contributed by atoms with Crippen LogP contribution in [0.25, 0.3) is 0 Å². The van der Waals surface area contributed by atoms with Gasteiger partial charge < -0.3 is 15.4 Å². The summed E-state index contributed by atoms with van der Waals surface area (Å²) in [6, 6.07) is 0. The lowest BCUT2D eigenvalue weighted by Gasteiger charge is -2.55. The topological polar surface area (TPSA) is 79.7 Å². The molecule has 5 aliphatic rings. The van der Waals surface area contributed by atoms with Crippen molar-refractivity contribution in [3.8, 4) is 0 Å². The van der Waals surface area contributed by atoms with E-state index in [-0.39, 0.29) is 25.2 Å². The highest BCUT2D eigenvalue weighted by Crippen LogP contribution is 2.48. The zero-order valence-corrected chi connectivity index (χ0v) is 14.8. The predicted molar refractivity (Wildman–Crippen MR) is 91.8 cm³/mol. The van der Waals surface area contributed by atoms with Gasteiger partial charge in [-0.05, 0) is 43.4 Å². The normalized spacial score (nSPS) is 35.4. The molecular formula is C18H26F2N4O2. The zero-order valence-electron chi connectivity index (χ0n) is 14.8. The minimum absolute atomic E-state index is 0.197. The van der Waals surface area contributed by atoms with Crippen molar-refractivity contribution in [2.75, 3.05) is 26.2 Å². The molecule has 3 N–H and O–H groups in total. The second-order valence-corrected chi connectivity index (χ2v) is 8.14. The van der Waals surface area contributed by atoms with Gasteiger partial charge in [0.05, 0.1) is 0 Å². The third-order valence-corrected chi connectivity index (χ3v) is 6.47. The molecule has 3 atom stereocenters. The molecule has 26 heavy (non-hydrogen) atoms. The molecule has 0 aromatic carbocycles. The number of piperidine rings is 2. The maximum atomic E-state index is 13.9. The van der Waals surface area contributed by atoms with Crippen molar-refractivity contribution in [2.24, 2.45) is 17.8 Å². The molecule has 144 valence electrons. The molecule has 3 heterocycles.